The molecule has 1 aliphatic rings. The maximum Gasteiger partial charge on any atom is 0.124 e. The Morgan fingerprint density at radius 1 is 1.26 bits per heavy atom. The number of halogens is 1. The second kappa shape index (κ2) is 7.30. The topological polar surface area (TPSA) is 35.2 Å². The van der Waals surface area contributed by atoms with Crippen LogP contribution in [-0.4, -0.2) is 6.10 Å². The van der Waals surface area contributed by atoms with Crippen molar-refractivity contribution in [3.05, 3.63) is 28.2 Å². The van der Waals surface area contributed by atoms with Crippen LogP contribution in [0.25, 0.3) is 0 Å². The highest BCUT2D eigenvalue weighted by atomic mass is 79.9. The second-order valence-corrected chi connectivity index (χ2v) is 6.38. The predicted molar refractivity (Wildman–Crippen MR) is 83.5 cm³/mol. The third-order valence-corrected chi connectivity index (χ3v) is 4.30. The van der Waals surface area contributed by atoms with Gasteiger partial charge in [-0.25, -0.2) is 0 Å². The normalized spacial score (nSPS) is 21.8. The fourth-order valence-electron chi connectivity index (χ4n) is 2.71. The van der Waals surface area contributed by atoms with E-state index in [9.17, 15) is 0 Å². The highest BCUT2D eigenvalue weighted by molar-refractivity contribution is 9.10. The summed E-state index contributed by atoms with van der Waals surface area (Å²) in [6, 6.07) is 6.25. The van der Waals surface area contributed by atoms with Gasteiger partial charge in [0, 0.05) is 22.5 Å². The number of benzene rings is 1. The average molecular weight is 326 g/mol. The Kier molecular flexibility index (Phi) is 5.71. The molecule has 2 rings (SSSR count). The zero-order chi connectivity index (χ0) is 13.7. The zero-order valence-electron chi connectivity index (χ0n) is 11.7. The zero-order valence-corrected chi connectivity index (χ0v) is 13.3. The van der Waals surface area contributed by atoms with Crippen molar-refractivity contribution in [1.82, 2.24) is 0 Å². The number of unbranched alkanes of at least 4 members (excludes halogenated alkanes) is 4. The molecular weight excluding hydrogens is 302 g/mol. The van der Waals surface area contributed by atoms with E-state index in [1.165, 1.54) is 32.1 Å². The first-order valence-corrected chi connectivity index (χ1v) is 8.21. The molecule has 0 amide bonds. The lowest BCUT2D eigenvalue weighted by Crippen LogP contribution is -2.29. The SMILES string of the molecule is CCCCCCCC1C[C@@H](N)c2cc(Br)ccc2O1. The Labute approximate surface area is 124 Å². The molecule has 0 spiro atoms. The minimum absolute atomic E-state index is 0.113. The first-order valence-electron chi connectivity index (χ1n) is 7.42. The summed E-state index contributed by atoms with van der Waals surface area (Å²) < 4.78 is 7.14. The van der Waals surface area contributed by atoms with E-state index < -0.39 is 0 Å². The lowest BCUT2D eigenvalue weighted by atomic mass is 9.94. The molecule has 1 unspecified atom stereocenters. The van der Waals surface area contributed by atoms with Crippen LogP contribution in [0.1, 0.15) is 63.5 Å². The summed E-state index contributed by atoms with van der Waals surface area (Å²) >= 11 is 3.49. The molecule has 19 heavy (non-hydrogen) atoms. The van der Waals surface area contributed by atoms with Gasteiger partial charge in [0.1, 0.15) is 11.9 Å². The summed E-state index contributed by atoms with van der Waals surface area (Å²) in [4.78, 5) is 0. The molecule has 3 heteroatoms. The van der Waals surface area contributed by atoms with Crippen LogP contribution in [0.3, 0.4) is 0 Å². The quantitative estimate of drug-likeness (QED) is 0.750. The average Bonchev–Trinajstić information content (AvgIpc) is 2.39. The molecule has 1 heterocycles. The number of hydrogen-bond donors (Lipinski definition) is 1. The monoisotopic (exact) mass is 325 g/mol. The van der Waals surface area contributed by atoms with Gasteiger partial charge in [-0.15, -0.1) is 0 Å². The summed E-state index contributed by atoms with van der Waals surface area (Å²) in [6.07, 6.45) is 8.93. The second-order valence-electron chi connectivity index (χ2n) is 5.47. The smallest absolute Gasteiger partial charge is 0.124 e. The molecule has 2 N–H and O–H groups in total. The third kappa shape index (κ3) is 4.22. The molecule has 0 fully saturated rings. The molecule has 1 aromatic carbocycles. The maximum absolute atomic E-state index is 6.26. The molecule has 0 aliphatic carbocycles. The van der Waals surface area contributed by atoms with E-state index in [0.717, 1.165) is 28.6 Å². The van der Waals surface area contributed by atoms with Crippen LogP contribution in [-0.2, 0) is 0 Å². The standard InChI is InChI=1S/C16H24BrNO/c1-2-3-4-5-6-7-13-11-15(18)14-10-12(17)8-9-16(14)19-13/h8-10,13,15H,2-7,11,18H2,1H3/t13?,15-/m1/s1. The summed E-state index contributed by atoms with van der Waals surface area (Å²) in [5, 5.41) is 0. The summed E-state index contributed by atoms with van der Waals surface area (Å²) in [7, 11) is 0. The largest absolute Gasteiger partial charge is 0.490 e. The van der Waals surface area contributed by atoms with Crippen molar-refractivity contribution in [3.8, 4) is 5.75 Å². The number of nitrogens with two attached hydrogens (primary N) is 1. The van der Waals surface area contributed by atoms with Crippen LogP contribution in [0, 0.1) is 0 Å². The van der Waals surface area contributed by atoms with Gasteiger partial charge in [0.2, 0.25) is 0 Å². The number of hydrogen-bond acceptors (Lipinski definition) is 2. The Balaban J connectivity index is 1.85. The number of rotatable bonds is 6. The number of ether oxygens (including phenoxy) is 1. The molecule has 1 aromatic rings. The van der Waals surface area contributed by atoms with E-state index in [-0.39, 0.29) is 6.04 Å². The third-order valence-electron chi connectivity index (χ3n) is 3.81. The van der Waals surface area contributed by atoms with Crippen molar-refractivity contribution in [2.45, 2.75) is 64.0 Å². The Bertz CT molecular complexity index is 408. The molecule has 2 atom stereocenters. The van der Waals surface area contributed by atoms with Crippen LogP contribution >= 0.6 is 15.9 Å². The van der Waals surface area contributed by atoms with Gasteiger partial charge in [0.15, 0.2) is 0 Å². The molecule has 0 aromatic heterocycles. The highest BCUT2D eigenvalue weighted by Gasteiger charge is 2.25. The van der Waals surface area contributed by atoms with Crippen LogP contribution in [0.5, 0.6) is 5.75 Å². The molecule has 0 radical (unpaired) electrons. The Morgan fingerprint density at radius 2 is 2.05 bits per heavy atom. The minimum Gasteiger partial charge on any atom is -0.490 e. The molecule has 1 aliphatic heterocycles. The molecule has 0 bridgehead atoms. The van der Waals surface area contributed by atoms with Crippen LogP contribution in [0.4, 0.5) is 0 Å². The fraction of sp³-hybridized carbons (Fsp3) is 0.625. The fourth-order valence-corrected chi connectivity index (χ4v) is 3.09. The summed E-state index contributed by atoms with van der Waals surface area (Å²) in [5.41, 5.74) is 7.39. The van der Waals surface area contributed by atoms with Gasteiger partial charge in [-0.3, -0.25) is 0 Å². The van der Waals surface area contributed by atoms with E-state index in [4.69, 9.17) is 10.5 Å². The molecule has 0 saturated heterocycles. The van der Waals surface area contributed by atoms with Gasteiger partial charge in [0.05, 0.1) is 0 Å². The summed E-state index contributed by atoms with van der Waals surface area (Å²) in [5.74, 6) is 0.973. The van der Waals surface area contributed by atoms with E-state index in [1.54, 1.807) is 0 Å². The molecule has 106 valence electrons. The Hall–Kier alpha value is -0.540. The van der Waals surface area contributed by atoms with E-state index >= 15 is 0 Å². The lowest BCUT2D eigenvalue weighted by Gasteiger charge is -2.30. The van der Waals surface area contributed by atoms with Gasteiger partial charge in [-0.2, -0.15) is 0 Å². The van der Waals surface area contributed by atoms with Gasteiger partial charge in [0.25, 0.3) is 0 Å². The molecular formula is C16H24BrNO. The highest BCUT2D eigenvalue weighted by Crippen LogP contribution is 2.36. The van der Waals surface area contributed by atoms with Crippen LogP contribution < -0.4 is 10.5 Å². The minimum atomic E-state index is 0.113. The van der Waals surface area contributed by atoms with Crippen molar-refractivity contribution < 1.29 is 4.74 Å². The van der Waals surface area contributed by atoms with Gasteiger partial charge < -0.3 is 10.5 Å². The van der Waals surface area contributed by atoms with Gasteiger partial charge in [-0.05, 0) is 31.0 Å². The van der Waals surface area contributed by atoms with Gasteiger partial charge >= 0.3 is 0 Å². The molecule has 0 saturated carbocycles. The Morgan fingerprint density at radius 3 is 2.84 bits per heavy atom. The van der Waals surface area contributed by atoms with Gasteiger partial charge in [-0.1, -0.05) is 48.5 Å². The number of fused-ring (bicyclic) bond motifs is 1. The predicted octanol–water partition coefficient (Wildman–Crippen LogP) is 4.96. The van der Waals surface area contributed by atoms with E-state index in [1.807, 2.05) is 12.1 Å². The van der Waals surface area contributed by atoms with Crippen LogP contribution in [0.15, 0.2) is 22.7 Å². The maximum atomic E-state index is 6.26. The van der Waals surface area contributed by atoms with E-state index in [0.29, 0.717) is 6.10 Å². The van der Waals surface area contributed by atoms with Crippen molar-refractivity contribution in [3.63, 3.8) is 0 Å². The van der Waals surface area contributed by atoms with E-state index in [2.05, 4.69) is 28.9 Å². The lowest BCUT2D eigenvalue weighted by molar-refractivity contribution is 0.146. The summed E-state index contributed by atoms with van der Waals surface area (Å²) in [6.45, 7) is 2.25. The van der Waals surface area contributed by atoms with Crippen molar-refractivity contribution in [1.29, 1.82) is 0 Å². The molecule has 2 nitrogen and oxygen atoms in total. The first kappa shape index (κ1) is 14.9. The van der Waals surface area contributed by atoms with Crippen LogP contribution in [0.2, 0.25) is 0 Å². The van der Waals surface area contributed by atoms with Crippen molar-refractivity contribution in [2.24, 2.45) is 5.73 Å². The first-order chi connectivity index (χ1) is 9.20. The van der Waals surface area contributed by atoms with Crippen molar-refractivity contribution in [2.75, 3.05) is 0 Å². The van der Waals surface area contributed by atoms with Crippen molar-refractivity contribution >= 4 is 15.9 Å².